The molecule has 0 atom stereocenters. The Hall–Kier alpha value is -2.85. The van der Waals surface area contributed by atoms with Crippen molar-refractivity contribution in [2.45, 2.75) is 6.54 Å². The van der Waals surface area contributed by atoms with Gasteiger partial charge < -0.3 is 15.1 Å². The third-order valence-corrected chi connectivity index (χ3v) is 5.04. The number of halogens is 2. The van der Waals surface area contributed by atoms with Gasteiger partial charge in [-0.15, -0.1) is 0 Å². The molecule has 3 rings (SSSR count). The van der Waals surface area contributed by atoms with Gasteiger partial charge in [0.2, 0.25) is 0 Å². The lowest BCUT2D eigenvalue weighted by atomic mass is 10.2. The molecule has 1 fully saturated rings. The molecule has 1 saturated heterocycles. The number of benzene rings is 2. The van der Waals surface area contributed by atoms with E-state index in [1.807, 2.05) is 30.3 Å². The van der Waals surface area contributed by atoms with Crippen LogP contribution in [0.15, 0.2) is 64.8 Å². The maximum atomic E-state index is 13.1. The van der Waals surface area contributed by atoms with E-state index in [2.05, 4.69) is 26.1 Å². The van der Waals surface area contributed by atoms with Crippen LogP contribution in [0.2, 0.25) is 0 Å². The van der Waals surface area contributed by atoms with Gasteiger partial charge in [-0.1, -0.05) is 28.1 Å². The summed E-state index contributed by atoms with van der Waals surface area (Å²) in [5, 5.41) is 12.4. The van der Waals surface area contributed by atoms with Crippen molar-refractivity contribution in [3.05, 3.63) is 76.2 Å². The van der Waals surface area contributed by atoms with Crippen LogP contribution in [-0.2, 0) is 11.3 Å². The molecule has 1 amide bonds. The quantitative estimate of drug-likeness (QED) is 0.569. The molecule has 1 aliphatic heterocycles. The monoisotopic (exact) mass is 442 g/mol. The lowest BCUT2D eigenvalue weighted by Gasteiger charge is -2.36. The Bertz CT molecular complexity index is 899. The Labute approximate surface area is 172 Å². The summed E-state index contributed by atoms with van der Waals surface area (Å²) >= 11 is 3.42. The van der Waals surface area contributed by atoms with E-state index >= 15 is 0 Å². The van der Waals surface area contributed by atoms with Crippen molar-refractivity contribution in [3.8, 4) is 6.07 Å². The fraction of sp³-hybridized carbons (Fsp3) is 0.238. The van der Waals surface area contributed by atoms with Crippen LogP contribution in [0.3, 0.4) is 0 Å². The molecular weight excluding hydrogens is 423 g/mol. The van der Waals surface area contributed by atoms with Crippen molar-refractivity contribution in [3.63, 3.8) is 0 Å². The van der Waals surface area contributed by atoms with Crippen molar-refractivity contribution >= 4 is 27.5 Å². The molecule has 1 aliphatic rings. The minimum absolute atomic E-state index is 0.0882. The molecule has 1 N–H and O–H groups in total. The van der Waals surface area contributed by atoms with Gasteiger partial charge in [-0.2, -0.15) is 5.26 Å². The molecule has 144 valence electrons. The number of carbonyl (C=O) groups excluding carboxylic acids is 1. The predicted octanol–water partition coefficient (Wildman–Crippen LogP) is 3.43. The van der Waals surface area contributed by atoms with Crippen molar-refractivity contribution in [2.75, 3.05) is 31.1 Å². The summed E-state index contributed by atoms with van der Waals surface area (Å²) in [6, 6.07) is 16.1. The third-order valence-electron chi connectivity index (χ3n) is 4.55. The van der Waals surface area contributed by atoms with Gasteiger partial charge in [0.15, 0.2) is 0 Å². The summed E-state index contributed by atoms with van der Waals surface area (Å²) in [5.74, 6) is -0.542. The number of nitrogens with one attached hydrogen (secondary N) is 1. The minimum Gasteiger partial charge on any atom is -0.386 e. The SMILES string of the molecule is N#C/C(=C/NCc1cccc(Br)c1)C(=O)N1CCN(c2ccc(F)cc2)CC1. The number of amides is 1. The molecule has 7 heteroatoms. The summed E-state index contributed by atoms with van der Waals surface area (Å²) in [6.07, 6.45) is 1.48. The molecule has 0 bridgehead atoms. The largest absolute Gasteiger partial charge is 0.386 e. The molecular formula is C21H20BrFN4O. The van der Waals surface area contributed by atoms with E-state index in [0.717, 1.165) is 15.7 Å². The van der Waals surface area contributed by atoms with E-state index in [-0.39, 0.29) is 17.3 Å². The van der Waals surface area contributed by atoms with E-state index < -0.39 is 0 Å². The van der Waals surface area contributed by atoms with Crippen molar-refractivity contribution in [1.82, 2.24) is 10.2 Å². The van der Waals surface area contributed by atoms with Gasteiger partial charge in [0.05, 0.1) is 0 Å². The topological polar surface area (TPSA) is 59.4 Å². The smallest absolute Gasteiger partial charge is 0.266 e. The maximum Gasteiger partial charge on any atom is 0.266 e. The van der Waals surface area contributed by atoms with E-state index in [0.29, 0.717) is 32.7 Å². The Morgan fingerprint density at radius 1 is 1.18 bits per heavy atom. The summed E-state index contributed by atoms with van der Waals surface area (Å²) in [7, 11) is 0. The van der Waals surface area contributed by atoms with Gasteiger partial charge in [0, 0.05) is 49.1 Å². The van der Waals surface area contributed by atoms with Crippen LogP contribution < -0.4 is 10.2 Å². The molecule has 2 aromatic rings. The second-order valence-corrected chi connectivity index (χ2v) is 7.35. The number of rotatable bonds is 5. The van der Waals surface area contributed by atoms with E-state index in [4.69, 9.17) is 0 Å². The molecule has 0 radical (unpaired) electrons. The van der Waals surface area contributed by atoms with Gasteiger partial charge in [0.1, 0.15) is 17.5 Å². The van der Waals surface area contributed by atoms with Crippen molar-refractivity contribution < 1.29 is 9.18 Å². The normalized spacial score (nSPS) is 14.5. The van der Waals surface area contributed by atoms with E-state index in [1.54, 1.807) is 17.0 Å². The van der Waals surface area contributed by atoms with Gasteiger partial charge in [0.25, 0.3) is 5.91 Å². The highest BCUT2D eigenvalue weighted by molar-refractivity contribution is 9.10. The molecule has 0 spiro atoms. The zero-order valence-corrected chi connectivity index (χ0v) is 16.8. The Kier molecular flexibility index (Phi) is 6.66. The maximum absolute atomic E-state index is 13.1. The number of nitrogens with zero attached hydrogens (tertiary/aromatic N) is 3. The average molecular weight is 443 g/mol. The number of carbonyl (C=O) groups is 1. The van der Waals surface area contributed by atoms with Crippen molar-refractivity contribution in [1.29, 1.82) is 5.26 Å². The number of anilines is 1. The number of nitriles is 1. The van der Waals surface area contributed by atoms with Crippen LogP contribution in [0.5, 0.6) is 0 Å². The highest BCUT2D eigenvalue weighted by Gasteiger charge is 2.23. The highest BCUT2D eigenvalue weighted by Crippen LogP contribution is 2.17. The van der Waals surface area contributed by atoms with Crippen LogP contribution >= 0.6 is 15.9 Å². The third kappa shape index (κ3) is 5.11. The highest BCUT2D eigenvalue weighted by atomic mass is 79.9. The van der Waals surface area contributed by atoms with Crippen molar-refractivity contribution in [2.24, 2.45) is 0 Å². The fourth-order valence-corrected chi connectivity index (χ4v) is 3.50. The van der Waals surface area contributed by atoms with Gasteiger partial charge in [-0.3, -0.25) is 4.79 Å². The lowest BCUT2D eigenvalue weighted by molar-refractivity contribution is -0.127. The standard InChI is InChI=1S/C21H20BrFN4O/c22-18-3-1-2-16(12-18)14-25-15-17(13-24)21(28)27-10-8-26(9-11-27)20-6-4-19(23)5-7-20/h1-7,12,15,25H,8-11,14H2/b17-15-. The molecule has 0 aliphatic carbocycles. The van der Waals surface area contributed by atoms with Crippen LogP contribution in [0, 0.1) is 17.1 Å². The van der Waals surface area contributed by atoms with Crippen LogP contribution in [0.1, 0.15) is 5.56 Å². The van der Waals surface area contributed by atoms with Gasteiger partial charge in [-0.25, -0.2) is 4.39 Å². The molecule has 0 unspecified atom stereocenters. The summed E-state index contributed by atoms with van der Waals surface area (Å²) in [5.41, 5.74) is 2.06. The first kappa shape index (κ1) is 19.9. The Balaban J connectivity index is 1.55. The molecule has 0 saturated carbocycles. The summed E-state index contributed by atoms with van der Waals surface area (Å²) < 4.78 is 14.0. The van der Waals surface area contributed by atoms with Gasteiger partial charge in [-0.05, 0) is 42.0 Å². The second-order valence-electron chi connectivity index (χ2n) is 6.44. The molecule has 28 heavy (non-hydrogen) atoms. The van der Waals surface area contributed by atoms with E-state index in [9.17, 15) is 14.4 Å². The zero-order chi connectivity index (χ0) is 19.9. The first-order chi connectivity index (χ1) is 13.6. The number of hydrogen-bond donors (Lipinski definition) is 1. The van der Waals surface area contributed by atoms with Crippen LogP contribution in [0.4, 0.5) is 10.1 Å². The fourth-order valence-electron chi connectivity index (χ4n) is 3.05. The summed E-state index contributed by atoms with van der Waals surface area (Å²) in [6.45, 7) is 2.83. The first-order valence-corrected chi connectivity index (χ1v) is 9.74. The van der Waals surface area contributed by atoms with Gasteiger partial charge >= 0.3 is 0 Å². The van der Waals surface area contributed by atoms with E-state index in [1.165, 1.54) is 18.3 Å². The first-order valence-electron chi connectivity index (χ1n) is 8.95. The lowest BCUT2D eigenvalue weighted by Crippen LogP contribution is -2.49. The molecule has 5 nitrogen and oxygen atoms in total. The molecule has 0 aromatic heterocycles. The molecule has 1 heterocycles. The van der Waals surface area contributed by atoms with Crippen LogP contribution in [-0.4, -0.2) is 37.0 Å². The number of piperazine rings is 1. The number of hydrogen-bond acceptors (Lipinski definition) is 4. The van der Waals surface area contributed by atoms with Crippen LogP contribution in [0.25, 0.3) is 0 Å². The minimum atomic E-state index is -0.275. The Morgan fingerprint density at radius 3 is 2.54 bits per heavy atom. The zero-order valence-electron chi connectivity index (χ0n) is 15.2. The predicted molar refractivity (Wildman–Crippen MR) is 110 cm³/mol. The summed E-state index contributed by atoms with van der Waals surface area (Å²) in [4.78, 5) is 16.4. The molecule has 2 aromatic carbocycles. The Morgan fingerprint density at radius 2 is 1.89 bits per heavy atom. The average Bonchev–Trinajstić information content (AvgIpc) is 2.72. The second kappa shape index (κ2) is 9.38.